The number of fused-ring (bicyclic) bond motifs is 1. The van der Waals surface area contributed by atoms with Gasteiger partial charge in [-0.2, -0.15) is 15.5 Å². The van der Waals surface area contributed by atoms with E-state index in [4.69, 9.17) is 32.7 Å². The maximum atomic E-state index is 11.7. The molecule has 192 valence electrons. The van der Waals surface area contributed by atoms with Gasteiger partial charge in [-0.3, -0.25) is 4.79 Å². The highest BCUT2D eigenvalue weighted by Crippen LogP contribution is 2.44. The van der Waals surface area contributed by atoms with Gasteiger partial charge in [0.2, 0.25) is 11.8 Å². The highest BCUT2D eigenvalue weighted by atomic mass is 79.9. The van der Waals surface area contributed by atoms with Crippen molar-refractivity contribution in [3.05, 3.63) is 109 Å². The Morgan fingerprint density at radius 1 is 1.00 bits per heavy atom. The molecule has 0 amide bonds. The van der Waals surface area contributed by atoms with Crippen molar-refractivity contribution in [2.45, 2.75) is 25.6 Å². The number of ether oxygens (including phenoxy) is 2. The fourth-order valence-electron chi connectivity index (χ4n) is 4.65. The number of carbonyl (C=O) groups excluding carboxylic acids is 1. The first-order valence-electron chi connectivity index (χ1n) is 11.9. The van der Waals surface area contributed by atoms with E-state index in [1.165, 1.54) is 12.1 Å². The molecule has 0 spiro atoms. The van der Waals surface area contributed by atoms with Gasteiger partial charge in [0.1, 0.15) is 17.7 Å². The first-order chi connectivity index (χ1) is 18.9. The van der Waals surface area contributed by atoms with Gasteiger partial charge in [0.05, 0.1) is 33.9 Å². The van der Waals surface area contributed by atoms with E-state index < -0.39 is 0 Å². The van der Waals surface area contributed by atoms with Gasteiger partial charge >= 0.3 is 0 Å². The molecular formula is C30H18BrCl2N3O3. The lowest BCUT2D eigenvalue weighted by Crippen LogP contribution is -2.08. The van der Waals surface area contributed by atoms with Crippen LogP contribution in [0.25, 0.3) is 11.1 Å². The number of rotatable bonds is 7. The molecule has 0 saturated carbocycles. The molecule has 1 heterocycles. The zero-order valence-electron chi connectivity index (χ0n) is 20.2. The highest BCUT2D eigenvalue weighted by Gasteiger charge is 2.28. The highest BCUT2D eigenvalue weighted by molar-refractivity contribution is 9.10. The summed E-state index contributed by atoms with van der Waals surface area (Å²) in [5.41, 5.74) is 5.55. The predicted molar refractivity (Wildman–Crippen MR) is 151 cm³/mol. The molecule has 1 aromatic heterocycles. The van der Waals surface area contributed by atoms with Crippen LogP contribution in [0.5, 0.6) is 11.8 Å². The second kappa shape index (κ2) is 11.5. The number of nitrogens with zero attached hydrogens (tertiary/aromatic N) is 3. The van der Waals surface area contributed by atoms with Crippen LogP contribution < -0.4 is 9.47 Å². The van der Waals surface area contributed by atoms with E-state index >= 15 is 0 Å². The summed E-state index contributed by atoms with van der Waals surface area (Å²) in [6, 6.07) is 22.1. The van der Waals surface area contributed by atoms with E-state index in [9.17, 15) is 15.3 Å². The molecule has 0 radical (unpaired) electrons. The summed E-state index contributed by atoms with van der Waals surface area (Å²) in [4.78, 5) is 16.1. The molecule has 0 unspecified atom stereocenters. The molecule has 6 nitrogen and oxygen atoms in total. The third-order valence-corrected chi connectivity index (χ3v) is 7.97. The van der Waals surface area contributed by atoms with Gasteiger partial charge in [-0.15, -0.1) is 0 Å². The van der Waals surface area contributed by atoms with Gasteiger partial charge in [-0.05, 0) is 81.4 Å². The lowest BCUT2D eigenvalue weighted by atomic mass is 9.96. The molecule has 9 heteroatoms. The van der Waals surface area contributed by atoms with Gasteiger partial charge in [0.25, 0.3) is 0 Å². The Morgan fingerprint density at radius 3 is 2.44 bits per heavy atom. The fraction of sp³-hybridized carbons (Fsp3) is 0.133. The van der Waals surface area contributed by atoms with Crippen LogP contribution in [0, 0.1) is 22.7 Å². The SMILES string of the molecule is N#Cc1cc(C#N)cc(COc2nc(O[C@H]3CCc4c(-c5cccc(Br)c5Cl)cccc43)c(Cl)cc2C=O)c1. The van der Waals surface area contributed by atoms with Crippen molar-refractivity contribution < 1.29 is 14.3 Å². The molecule has 1 aliphatic carbocycles. The fourth-order valence-corrected chi connectivity index (χ4v) is 5.44. The number of benzene rings is 3. The number of halogens is 3. The van der Waals surface area contributed by atoms with E-state index in [1.807, 2.05) is 48.5 Å². The van der Waals surface area contributed by atoms with Crippen molar-refractivity contribution in [3.63, 3.8) is 0 Å². The van der Waals surface area contributed by atoms with Crippen molar-refractivity contribution in [1.29, 1.82) is 10.5 Å². The molecule has 3 aromatic carbocycles. The van der Waals surface area contributed by atoms with Crippen molar-refractivity contribution in [2.75, 3.05) is 0 Å². The van der Waals surface area contributed by atoms with Crippen LogP contribution in [0.1, 0.15) is 50.7 Å². The maximum Gasteiger partial charge on any atom is 0.236 e. The molecule has 0 fully saturated rings. The summed E-state index contributed by atoms with van der Waals surface area (Å²) in [6.45, 7) is -0.0118. The Kier molecular flexibility index (Phi) is 7.86. The van der Waals surface area contributed by atoms with Crippen LogP contribution in [-0.4, -0.2) is 11.3 Å². The van der Waals surface area contributed by atoms with Gasteiger partial charge in [0.15, 0.2) is 6.29 Å². The maximum absolute atomic E-state index is 11.7. The number of carbonyl (C=O) groups is 1. The number of pyridine rings is 1. The first-order valence-corrected chi connectivity index (χ1v) is 13.4. The summed E-state index contributed by atoms with van der Waals surface area (Å²) in [7, 11) is 0. The van der Waals surface area contributed by atoms with E-state index in [1.54, 1.807) is 12.1 Å². The zero-order chi connectivity index (χ0) is 27.5. The molecular weight excluding hydrogens is 601 g/mol. The van der Waals surface area contributed by atoms with Gasteiger partial charge in [0, 0.05) is 10.0 Å². The van der Waals surface area contributed by atoms with Crippen molar-refractivity contribution in [2.24, 2.45) is 0 Å². The van der Waals surface area contributed by atoms with Crippen molar-refractivity contribution >= 4 is 45.4 Å². The van der Waals surface area contributed by atoms with Crippen molar-refractivity contribution in [1.82, 2.24) is 4.98 Å². The predicted octanol–water partition coefficient (Wildman–Crippen LogP) is 8.02. The molecule has 0 saturated heterocycles. The minimum absolute atomic E-state index is 0.0118. The lowest BCUT2D eigenvalue weighted by Gasteiger charge is -2.18. The summed E-state index contributed by atoms with van der Waals surface area (Å²) < 4.78 is 12.9. The average molecular weight is 619 g/mol. The Morgan fingerprint density at radius 2 is 1.72 bits per heavy atom. The van der Waals surface area contributed by atoms with Crippen molar-refractivity contribution in [3.8, 4) is 35.0 Å². The normalized spacial score (nSPS) is 13.7. The van der Waals surface area contributed by atoms with Gasteiger partial charge in [-0.1, -0.05) is 53.5 Å². The zero-order valence-corrected chi connectivity index (χ0v) is 23.3. The first kappa shape index (κ1) is 26.7. The number of hydrogen-bond donors (Lipinski definition) is 0. The number of nitriles is 2. The molecule has 39 heavy (non-hydrogen) atoms. The van der Waals surface area contributed by atoms with Gasteiger partial charge in [-0.25, -0.2) is 0 Å². The number of aldehydes is 1. The molecule has 1 aliphatic rings. The Bertz CT molecular complexity index is 1660. The van der Waals surface area contributed by atoms with E-state index in [-0.39, 0.29) is 35.1 Å². The summed E-state index contributed by atoms with van der Waals surface area (Å²) >= 11 is 16.5. The van der Waals surface area contributed by atoms with Gasteiger partial charge < -0.3 is 9.47 Å². The molecule has 4 aromatic rings. The standard InChI is InChI=1S/C30H18BrCl2N3O3/c31-25-6-2-5-24(28(25)33)21-3-1-4-23-22(21)7-8-27(23)39-30-26(32)12-20(15-37)29(36-30)38-16-19-10-17(13-34)9-18(11-19)14-35/h1-6,9-12,15,27H,7-8,16H2/t27-/m0/s1. The second-order valence-electron chi connectivity index (χ2n) is 8.84. The van der Waals surface area contributed by atoms with E-state index in [2.05, 4.69) is 20.9 Å². The molecule has 0 aliphatic heterocycles. The third-order valence-electron chi connectivity index (χ3n) is 6.40. The molecule has 5 rings (SSSR count). The monoisotopic (exact) mass is 617 g/mol. The van der Waals surface area contributed by atoms with Crippen LogP contribution in [0.15, 0.2) is 65.1 Å². The van der Waals surface area contributed by atoms with Crippen LogP contribution in [0.3, 0.4) is 0 Å². The molecule has 1 atom stereocenters. The van der Waals surface area contributed by atoms with E-state index in [0.29, 0.717) is 34.4 Å². The summed E-state index contributed by atoms with van der Waals surface area (Å²) in [6.07, 6.45) is 1.78. The number of hydrogen-bond acceptors (Lipinski definition) is 6. The lowest BCUT2D eigenvalue weighted by molar-refractivity contribution is 0.111. The Balaban J connectivity index is 1.42. The summed E-state index contributed by atoms with van der Waals surface area (Å²) in [5.74, 6) is 0.183. The molecule has 0 bridgehead atoms. The van der Waals surface area contributed by atoms with Crippen LogP contribution in [0.2, 0.25) is 10.0 Å². The minimum atomic E-state index is -0.309. The topological polar surface area (TPSA) is 96.0 Å². The van der Waals surface area contributed by atoms with Crippen LogP contribution in [-0.2, 0) is 13.0 Å². The summed E-state index contributed by atoms with van der Waals surface area (Å²) in [5, 5.41) is 19.3. The van der Waals surface area contributed by atoms with Crippen LogP contribution in [0.4, 0.5) is 0 Å². The average Bonchev–Trinajstić information content (AvgIpc) is 3.37. The Hall–Kier alpha value is -3.88. The number of aromatic nitrogens is 1. The quantitative estimate of drug-likeness (QED) is 0.195. The molecule has 0 N–H and O–H groups in total. The largest absolute Gasteiger partial charge is 0.472 e. The van der Waals surface area contributed by atoms with E-state index in [0.717, 1.165) is 33.1 Å². The minimum Gasteiger partial charge on any atom is -0.472 e. The third kappa shape index (κ3) is 5.48. The smallest absolute Gasteiger partial charge is 0.236 e. The Labute approximate surface area is 243 Å². The second-order valence-corrected chi connectivity index (χ2v) is 10.5. The van der Waals surface area contributed by atoms with Crippen LogP contribution >= 0.6 is 39.1 Å².